The highest BCUT2D eigenvalue weighted by Gasteiger charge is 2.18. The normalized spacial score (nSPS) is 15.7. The zero-order valence-electron chi connectivity index (χ0n) is 14.2. The highest BCUT2D eigenvalue weighted by atomic mass is 16.3. The Hall–Kier alpha value is -1.75. The van der Waals surface area contributed by atoms with Gasteiger partial charge in [0.05, 0.1) is 0 Å². The largest absolute Gasteiger partial charge is 0.396 e. The number of carbonyl (C=O) groups excluding carboxylic acids is 1. The van der Waals surface area contributed by atoms with E-state index in [4.69, 9.17) is 0 Å². The SMILES string of the molecule is CC(C)CNC(=O)NCc1ccc(N2CCC(CO)CC2)cc1. The van der Waals surface area contributed by atoms with E-state index < -0.39 is 0 Å². The molecule has 5 heteroatoms. The molecular weight excluding hydrogens is 290 g/mol. The van der Waals surface area contributed by atoms with Crippen molar-refractivity contribution in [1.29, 1.82) is 0 Å². The number of aliphatic hydroxyl groups is 1. The first-order valence-corrected chi connectivity index (χ1v) is 8.55. The number of aliphatic hydroxyl groups excluding tert-OH is 1. The molecule has 2 amide bonds. The van der Waals surface area contributed by atoms with Crippen LogP contribution in [0.2, 0.25) is 0 Å². The van der Waals surface area contributed by atoms with E-state index in [1.807, 2.05) is 0 Å². The van der Waals surface area contributed by atoms with Gasteiger partial charge >= 0.3 is 6.03 Å². The summed E-state index contributed by atoms with van der Waals surface area (Å²) in [6, 6.07) is 8.24. The van der Waals surface area contributed by atoms with Gasteiger partial charge in [0.25, 0.3) is 0 Å². The molecule has 0 aromatic heterocycles. The molecule has 23 heavy (non-hydrogen) atoms. The molecule has 0 atom stereocenters. The van der Waals surface area contributed by atoms with Crippen molar-refractivity contribution in [2.24, 2.45) is 11.8 Å². The van der Waals surface area contributed by atoms with Gasteiger partial charge in [0.15, 0.2) is 0 Å². The number of urea groups is 1. The van der Waals surface area contributed by atoms with Crippen LogP contribution in [0.5, 0.6) is 0 Å². The van der Waals surface area contributed by atoms with Crippen molar-refractivity contribution < 1.29 is 9.90 Å². The Morgan fingerprint density at radius 2 is 1.87 bits per heavy atom. The number of hydrogen-bond donors (Lipinski definition) is 3. The van der Waals surface area contributed by atoms with Crippen LogP contribution in [0.15, 0.2) is 24.3 Å². The van der Waals surface area contributed by atoms with Crippen LogP contribution in [-0.2, 0) is 6.54 Å². The number of hydrogen-bond acceptors (Lipinski definition) is 3. The molecule has 0 saturated carbocycles. The van der Waals surface area contributed by atoms with E-state index >= 15 is 0 Å². The fourth-order valence-corrected chi connectivity index (χ4v) is 2.74. The summed E-state index contributed by atoms with van der Waals surface area (Å²) in [6.07, 6.45) is 2.10. The summed E-state index contributed by atoms with van der Waals surface area (Å²) >= 11 is 0. The average molecular weight is 319 g/mol. The molecule has 1 saturated heterocycles. The summed E-state index contributed by atoms with van der Waals surface area (Å²) in [5.41, 5.74) is 2.31. The molecular formula is C18H29N3O2. The third-order valence-electron chi connectivity index (χ3n) is 4.30. The van der Waals surface area contributed by atoms with Crippen molar-refractivity contribution in [1.82, 2.24) is 10.6 Å². The predicted octanol–water partition coefficient (Wildman–Crippen LogP) is 2.35. The van der Waals surface area contributed by atoms with E-state index in [0.29, 0.717) is 31.5 Å². The number of amides is 2. The molecule has 0 unspecified atom stereocenters. The molecule has 1 aromatic carbocycles. The summed E-state index contributed by atoms with van der Waals surface area (Å²) in [6.45, 7) is 7.67. The van der Waals surface area contributed by atoms with Gasteiger partial charge in [-0.2, -0.15) is 0 Å². The standard InChI is InChI=1S/C18H29N3O2/c1-14(2)11-19-18(23)20-12-15-3-5-17(6-4-15)21-9-7-16(13-22)8-10-21/h3-6,14,16,22H,7-13H2,1-2H3,(H2,19,20,23). The lowest BCUT2D eigenvalue weighted by Crippen LogP contribution is -2.37. The number of benzene rings is 1. The first-order valence-electron chi connectivity index (χ1n) is 8.55. The van der Waals surface area contributed by atoms with Crippen molar-refractivity contribution in [3.8, 4) is 0 Å². The smallest absolute Gasteiger partial charge is 0.315 e. The van der Waals surface area contributed by atoms with Gasteiger partial charge in [0, 0.05) is 38.5 Å². The summed E-state index contributed by atoms with van der Waals surface area (Å²) < 4.78 is 0. The first kappa shape index (κ1) is 17.6. The maximum Gasteiger partial charge on any atom is 0.315 e. The number of nitrogens with one attached hydrogen (secondary N) is 2. The third kappa shape index (κ3) is 5.75. The molecule has 0 radical (unpaired) electrons. The molecule has 1 fully saturated rings. The number of nitrogens with zero attached hydrogens (tertiary/aromatic N) is 1. The predicted molar refractivity (Wildman–Crippen MR) is 93.5 cm³/mol. The molecule has 0 spiro atoms. The van der Waals surface area contributed by atoms with Crippen LogP contribution in [-0.4, -0.2) is 37.4 Å². The highest BCUT2D eigenvalue weighted by molar-refractivity contribution is 5.73. The summed E-state index contributed by atoms with van der Waals surface area (Å²) in [7, 11) is 0. The minimum Gasteiger partial charge on any atom is -0.396 e. The first-order chi connectivity index (χ1) is 11.1. The molecule has 1 aliphatic heterocycles. The van der Waals surface area contributed by atoms with E-state index in [1.54, 1.807) is 0 Å². The van der Waals surface area contributed by atoms with Gasteiger partial charge in [-0.3, -0.25) is 0 Å². The Labute approximate surface area is 139 Å². The Morgan fingerprint density at radius 3 is 2.43 bits per heavy atom. The van der Waals surface area contributed by atoms with Gasteiger partial charge in [-0.15, -0.1) is 0 Å². The Balaban J connectivity index is 1.77. The van der Waals surface area contributed by atoms with Crippen molar-refractivity contribution in [2.45, 2.75) is 33.2 Å². The molecule has 1 heterocycles. The van der Waals surface area contributed by atoms with E-state index in [9.17, 15) is 9.90 Å². The third-order valence-corrected chi connectivity index (χ3v) is 4.30. The lowest BCUT2D eigenvalue weighted by Gasteiger charge is -2.33. The van der Waals surface area contributed by atoms with Crippen molar-refractivity contribution in [2.75, 3.05) is 31.1 Å². The maximum atomic E-state index is 11.6. The minimum atomic E-state index is -0.117. The van der Waals surface area contributed by atoms with E-state index in [1.165, 1.54) is 5.69 Å². The van der Waals surface area contributed by atoms with Gasteiger partial charge in [0.2, 0.25) is 0 Å². The molecule has 2 rings (SSSR count). The highest BCUT2D eigenvalue weighted by Crippen LogP contribution is 2.23. The second-order valence-electron chi connectivity index (χ2n) is 6.74. The molecule has 5 nitrogen and oxygen atoms in total. The summed E-state index contributed by atoms with van der Waals surface area (Å²) in [5.74, 6) is 0.911. The Kier molecular flexibility index (Phi) is 6.71. The van der Waals surface area contributed by atoms with Crippen LogP contribution >= 0.6 is 0 Å². The number of piperidine rings is 1. The zero-order chi connectivity index (χ0) is 16.7. The fraction of sp³-hybridized carbons (Fsp3) is 0.611. The second-order valence-corrected chi connectivity index (χ2v) is 6.74. The van der Waals surface area contributed by atoms with Crippen molar-refractivity contribution in [3.63, 3.8) is 0 Å². The summed E-state index contributed by atoms with van der Waals surface area (Å²) in [4.78, 5) is 14.0. The lowest BCUT2D eigenvalue weighted by atomic mass is 9.97. The monoisotopic (exact) mass is 319 g/mol. The molecule has 1 aliphatic rings. The van der Waals surface area contributed by atoms with Gasteiger partial charge in [0.1, 0.15) is 0 Å². The Bertz CT molecular complexity index is 480. The molecule has 3 N–H and O–H groups in total. The van der Waals surface area contributed by atoms with Crippen molar-refractivity contribution >= 4 is 11.7 Å². The lowest BCUT2D eigenvalue weighted by molar-refractivity contribution is 0.203. The Morgan fingerprint density at radius 1 is 1.22 bits per heavy atom. The molecule has 1 aromatic rings. The zero-order valence-corrected chi connectivity index (χ0v) is 14.2. The molecule has 0 bridgehead atoms. The number of carbonyl (C=O) groups is 1. The van der Waals surface area contributed by atoms with Crippen molar-refractivity contribution in [3.05, 3.63) is 29.8 Å². The van der Waals surface area contributed by atoms with E-state index in [0.717, 1.165) is 31.5 Å². The van der Waals surface area contributed by atoms with E-state index in [2.05, 4.69) is 53.6 Å². The minimum absolute atomic E-state index is 0.117. The van der Waals surface area contributed by atoms with Gasteiger partial charge in [-0.1, -0.05) is 26.0 Å². The number of rotatable bonds is 6. The van der Waals surface area contributed by atoms with Crippen LogP contribution in [0.4, 0.5) is 10.5 Å². The summed E-state index contributed by atoms with van der Waals surface area (Å²) in [5, 5.41) is 14.9. The maximum absolute atomic E-state index is 11.6. The van der Waals surface area contributed by atoms with Gasteiger partial charge in [-0.25, -0.2) is 4.79 Å². The fourth-order valence-electron chi connectivity index (χ4n) is 2.74. The average Bonchev–Trinajstić information content (AvgIpc) is 2.58. The van der Waals surface area contributed by atoms with Gasteiger partial charge in [-0.05, 0) is 42.4 Å². The quantitative estimate of drug-likeness (QED) is 0.754. The van der Waals surface area contributed by atoms with Crippen LogP contribution < -0.4 is 15.5 Å². The van der Waals surface area contributed by atoms with Crippen LogP contribution in [0.25, 0.3) is 0 Å². The topological polar surface area (TPSA) is 64.6 Å². The van der Waals surface area contributed by atoms with E-state index in [-0.39, 0.29) is 6.03 Å². The molecule has 128 valence electrons. The number of anilines is 1. The molecule has 0 aliphatic carbocycles. The second kappa shape index (κ2) is 8.77. The van der Waals surface area contributed by atoms with Crippen LogP contribution in [0, 0.1) is 11.8 Å². The van der Waals surface area contributed by atoms with Crippen LogP contribution in [0.3, 0.4) is 0 Å². The van der Waals surface area contributed by atoms with Crippen LogP contribution in [0.1, 0.15) is 32.3 Å². The van der Waals surface area contributed by atoms with Gasteiger partial charge < -0.3 is 20.6 Å².